The minimum absolute atomic E-state index is 0.0496. The van der Waals surface area contributed by atoms with Crippen molar-refractivity contribution >= 4 is 53.8 Å². The first kappa shape index (κ1) is 15.7. The minimum Gasteiger partial charge on any atom is -0.484 e. The van der Waals surface area contributed by atoms with Gasteiger partial charge in [0, 0.05) is 0 Å². The summed E-state index contributed by atoms with van der Waals surface area (Å²) in [6.07, 6.45) is 0.771. The monoisotopic (exact) mass is 440 g/mol. The molecule has 0 aliphatic rings. The first-order valence-electron chi connectivity index (χ1n) is 5.10. The van der Waals surface area contributed by atoms with Crippen LogP contribution in [0.2, 0.25) is 0 Å². The van der Waals surface area contributed by atoms with Crippen LogP contribution in [0.15, 0.2) is 39.5 Å². The molecule has 0 heterocycles. The van der Waals surface area contributed by atoms with Gasteiger partial charge in [-0.15, -0.1) is 0 Å². The fourth-order valence-corrected chi connectivity index (χ4v) is 2.37. The molecular formula is C12H11Br3O3. The smallest absolute Gasteiger partial charge is 0.372 e. The molecule has 3 nitrogen and oxygen atoms in total. The van der Waals surface area contributed by atoms with Crippen LogP contribution >= 0.6 is 47.8 Å². The summed E-state index contributed by atoms with van der Waals surface area (Å²) in [6, 6.07) is 9.92. The van der Waals surface area contributed by atoms with Gasteiger partial charge in [0.15, 0.2) is 0 Å². The lowest BCUT2D eigenvalue weighted by molar-refractivity contribution is -0.136. The number of carboxylic acid groups (broad SMARTS) is 1. The lowest BCUT2D eigenvalue weighted by atomic mass is 10.1. The van der Waals surface area contributed by atoms with Crippen LogP contribution in [0.25, 0.3) is 0 Å². The molecule has 0 fully saturated rings. The number of halogens is 3. The number of hydrogen-bond donors (Lipinski definition) is 1. The molecule has 1 atom stereocenters. The number of carbonyl (C=O) groups is 1. The molecule has 1 aromatic rings. The summed E-state index contributed by atoms with van der Waals surface area (Å²) in [7, 11) is 0. The Labute approximate surface area is 131 Å². The summed E-state index contributed by atoms with van der Waals surface area (Å²) in [5, 5.41) is 8.89. The second-order valence-electron chi connectivity index (χ2n) is 3.49. The van der Waals surface area contributed by atoms with Crippen molar-refractivity contribution in [3.8, 4) is 0 Å². The third-order valence-electron chi connectivity index (χ3n) is 2.07. The minimum atomic E-state index is -1.11. The van der Waals surface area contributed by atoms with Crippen molar-refractivity contribution in [3.63, 3.8) is 0 Å². The Hall–Kier alpha value is -0.330. The van der Waals surface area contributed by atoms with Gasteiger partial charge in [0.05, 0.1) is 4.83 Å². The van der Waals surface area contributed by atoms with Crippen molar-refractivity contribution in [2.24, 2.45) is 0 Å². The lowest BCUT2D eigenvalue weighted by Gasteiger charge is -2.12. The van der Waals surface area contributed by atoms with E-state index in [1.807, 2.05) is 30.3 Å². The van der Waals surface area contributed by atoms with E-state index in [-0.39, 0.29) is 17.2 Å². The zero-order chi connectivity index (χ0) is 13.5. The Balaban J connectivity index is 2.49. The summed E-state index contributed by atoms with van der Waals surface area (Å²) in [6.45, 7) is 0.275. The second-order valence-corrected chi connectivity index (χ2v) is 7.44. The summed E-state index contributed by atoms with van der Waals surface area (Å²) >= 11 is 9.54. The highest BCUT2D eigenvalue weighted by Crippen LogP contribution is 2.21. The van der Waals surface area contributed by atoms with Crippen molar-refractivity contribution < 1.29 is 14.6 Å². The maximum absolute atomic E-state index is 10.9. The zero-order valence-corrected chi connectivity index (χ0v) is 14.0. The Morgan fingerprint density at radius 2 is 1.89 bits per heavy atom. The molecule has 18 heavy (non-hydrogen) atoms. The molecule has 1 N–H and O–H groups in total. The van der Waals surface area contributed by atoms with E-state index < -0.39 is 5.97 Å². The summed E-state index contributed by atoms with van der Waals surface area (Å²) < 4.78 is 5.53. The fourth-order valence-electron chi connectivity index (χ4n) is 1.30. The van der Waals surface area contributed by atoms with Gasteiger partial charge in [-0.05, 0) is 43.8 Å². The first-order chi connectivity index (χ1) is 8.50. The number of benzene rings is 1. The fraction of sp³-hybridized carbons (Fsp3) is 0.250. The average Bonchev–Trinajstić information content (AvgIpc) is 2.29. The van der Waals surface area contributed by atoms with E-state index in [0.29, 0.717) is 3.39 Å². The maximum atomic E-state index is 10.9. The van der Waals surface area contributed by atoms with Crippen LogP contribution in [-0.2, 0) is 16.0 Å². The Bertz CT molecular complexity index is 427. The Kier molecular flexibility index (Phi) is 6.96. The van der Waals surface area contributed by atoms with E-state index in [4.69, 9.17) is 9.84 Å². The van der Waals surface area contributed by atoms with Crippen LogP contribution in [0.5, 0.6) is 0 Å². The van der Waals surface area contributed by atoms with Crippen LogP contribution in [0.3, 0.4) is 0 Å². The molecule has 0 amide bonds. The molecule has 0 radical (unpaired) electrons. The summed E-state index contributed by atoms with van der Waals surface area (Å²) in [4.78, 5) is 10.9. The van der Waals surface area contributed by atoms with Gasteiger partial charge in [-0.2, -0.15) is 0 Å². The van der Waals surface area contributed by atoms with Gasteiger partial charge < -0.3 is 9.84 Å². The van der Waals surface area contributed by atoms with Crippen molar-refractivity contribution in [3.05, 3.63) is 45.0 Å². The molecule has 0 saturated heterocycles. The molecule has 1 unspecified atom stereocenters. The zero-order valence-electron chi connectivity index (χ0n) is 9.28. The third-order valence-corrected chi connectivity index (χ3v) is 3.38. The number of rotatable bonds is 6. The lowest BCUT2D eigenvalue weighted by Crippen LogP contribution is -2.15. The van der Waals surface area contributed by atoms with Crippen molar-refractivity contribution in [1.29, 1.82) is 0 Å². The highest BCUT2D eigenvalue weighted by atomic mass is 79.9. The van der Waals surface area contributed by atoms with Gasteiger partial charge in [0.1, 0.15) is 10.00 Å². The van der Waals surface area contributed by atoms with E-state index in [1.165, 1.54) is 5.56 Å². The maximum Gasteiger partial charge on any atom is 0.372 e. The summed E-state index contributed by atoms with van der Waals surface area (Å²) in [5.74, 6) is -1.24. The van der Waals surface area contributed by atoms with Crippen molar-refractivity contribution in [2.75, 3.05) is 6.61 Å². The van der Waals surface area contributed by atoms with Gasteiger partial charge in [-0.25, -0.2) is 4.79 Å². The number of carboxylic acids is 1. The number of hydrogen-bond acceptors (Lipinski definition) is 2. The molecule has 0 aliphatic heterocycles. The Morgan fingerprint density at radius 3 is 2.39 bits per heavy atom. The van der Waals surface area contributed by atoms with Crippen LogP contribution in [0, 0.1) is 0 Å². The topological polar surface area (TPSA) is 46.5 Å². The van der Waals surface area contributed by atoms with Gasteiger partial charge in [0.2, 0.25) is 5.76 Å². The third kappa shape index (κ3) is 5.54. The quantitative estimate of drug-likeness (QED) is 0.410. The molecule has 1 rings (SSSR count). The molecule has 0 bridgehead atoms. The normalized spacial score (nSPS) is 11.7. The van der Waals surface area contributed by atoms with Crippen LogP contribution in [0.1, 0.15) is 5.56 Å². The SMILES string of the molecule is O=C(O)C(OCC(Br)Cc1ccccc1)=C(Br)Br. The molecule has 0 aliphatic carbocycles. The van der Waals surface area contributed by atoms with Gasteiger partial charge >= 0.3 is 5.97 Å². The van der Waals surface area contributed by atoms with E-state index in [0.717, 1.165) is 6.42 Å². The van der Waals surface area contributed by atoms with Gasteiger partial charge in [-0.3, -0.25) is 0 Å². The second kappa shape index (κ2) is 7.96. The highest BCUT2D eigenvalue weighted by molar-refractivity contribution is 9.28. The largest absolute Gasteiger partial charge is 0.484 e. The molecule has 0 spiro atoms. The molecule has 6 heteroatoms. The van der Waals surface area contributed by atoms with Crippen molar-refractivity contribution in [1.82, 2.24) is 0 Å². The molecule has 98 valence electrons. The number of ether oxygens (including phenoxy) is 1. The Morgan fingerprint density at radius 1 is 1.28 bits per heavy atom. The first-order valence-corrected chi connectivity index (χ1v) is 7.60. The molecule has 0 aromatic heterocycles. The van der Waals surface area contributed by atoms with Crippen LogP contribution < -0.4 is 0 Å². The molecule has 1 aromatic carbocycles. The van der Waals surface area contributed by atoms with Crippen molar-refractivity contribution in [2.45, 2.75) is 11.2 Å². The predicted octanol–water partition coefficient (Wildman–Crippen LogP) is 4.05. The molecular weight excluding hydrogens is 432 g/mol. The van der Waals surface area contributed by atoms with E-state index in [1.54, 1.807) is 0 Å². The highest BCUT2D eigenvalue weighted by Gasteiger charge is 2.15. The van der Waals surface area contributed by atoms with E-state index in [9.17, 15) is 4.79 Å². The number of alkyl halides is 1. The standard InChI is InChI=1S/C12H11Br3O3/c13-9(6-8-4-2-1-3-5-8)7-18-10(11(14)15)12(16)17/h1-5,9H,6-7H2,(H,16,17). The summed E-state index contributed by atoms with van der Waals surface area (Å²) in [5.41, 5.74) is 1.17. The van der Waals surface area contributed by atoms with E-state index >= 15 is 0 Å². The molecule has 0 saturated carbocycles. The van der Waals surface area contributed by atoms with Gasteiger partial charge in [-0.1, -0.05) is 46.3 Å². The predicted molar refractivity (Wildman–Crippen MR) is 81.3 cm³/mol. The van der Waals surface area contributed by atoms with Gasteiger partial charge in [0.25, 0.3) is 0 Å². The van der Waals surface area contributed by atoms with Crippen LogP contribution in [-0.4, -0.2) is 22.5 Å². The average molecular weight is 443 g/mol. The number of aliphatic carboxylic acids is 1. The van der Waals surface area contributed by atoms with E-state index in [2.05, 4.69) is 47.8 Å². The van der Waals surface area contributed by atoms with Crippen LogP contribution in [0.4, 0.5) is 0 Å².